The molecule has 0 aromatic heterocycles. The van der Waals surface area contributed by atoms with Gasteiger partial charge in [0.05, 0.1) is 13.2 Å². The van der Waals surface area contributed by atoms with Crippen molar-refractivity contribution in [1.29, 1.82) is 0 Å². The molecule has 3 rings (SSSR count). The molecule has 0 spiro atoms. The molecule has 1 N–H and O–H groups in total. The Kier molecular flexibility index (Phi) is 12.6. The average Bonchev–Trinajstić information content (AvgIpc) is 2.94. The van der Waals surface area contributed by atoms with Gasteiger partial charge in [-0.15, -0.1) is 0 Å². The fourth-order valence-electron chi connectivity index (χ4n) is 3.71. The van der Waals surface area contributed by atoms with E-state index in [0.29, 0.717) is 55.9 Å². The van der Waals surface area contributed by atoms with Crippen LogP contribution >= 0.6 is 11.6 Å². The van der Waals surface area contributed by atoms with E-state index in [1.165, 1.54) is 0 Å². The van der Waals surface area contributed by atoms with Gasteiger partial charge in [0.15, 0.2) is 6.10 Å². The number of hydrogen-bond donors (Lipinski definition) is 1. The van der Waals surface area contributed by atoms with Gasteiger partial charge in [-0.05, 0) is 60.9 Å². The van der Waals surface area contributed by atoms with Crippen LogP contribution in [0.15, 0.2) is 78.9 Å². The molecule has 0 saturated heterocycles. The molecule has 0 aliphatic carbocycles. The number of nitrogens with zero attached hydrogens (tertiary/aromatic N) is 1. The second kappa shape index (κ2) is 16.4. The first kappa shape index (κ1) is 30.0. The van der Waals surface area contributed by atoms with Gasteiger partial charge in [0.25, 0.3) is 0 Å². The molecular weight excluding hydrogens is 522 g/mol. The lowest BCUT2D eigenvalue weighted by Crippen LogP contribution is -2.38. The van der Waals surface area contributed by atoms with E-state index in [0.717, 1.165) is 11.1 Å². The maximum Gasteiger partial charge on any atom is 0.415 e. The van der Waals surface area contributed by atoms with Gasteiger partial charge in [-0.1, -0.05) is 54.1 Å². The van der Waals surface area contributed by atoms with Crippen LogP contribution in [0, 0.1) is 0 Å². The van der Waals surface area contributed by atoms with Crippen LogP contribution in [0.5, 0.6) is 11.5 Å². The van der Waals surface area contributed by atoms with Gasteiger partial charge >= 0.3 is 12.1 Å². The highest BCUT2D eigenvalue weighted by Gasteiger charge is 2.18. The van der Waals surface area contributed by atoms with Crippen molar-refractivity contribution in [1.82, 2.24) is 4.90 Å². The number of aliphatic carboxylic acids is 1. The van der Waals surface area contributed by atoms with Crippen LogP contribution in [0.25, 0.3) is 0 Å². The zero-order chi connectivity index (χ0) is 27.9. The molecule has 3 aromatic carbocycles. The number of carbonyl (C=O) groups is 2. The van der Waals surface area contributed by atoms with Crippen LogP contribution in [0.3, 0.4) is 0 Å². The molecule has 8 nitrogen and oxygen atoms in total. The predicted molar refractivity (Wildman–Crippen MR) is 148 cm³/mol. The number of carbonyl (C=O) groups excluding carboxylic acids is 1. The van der Waals surface area contributed by atoms with Crippen molar-refractivity contribution in [3.8, 4) is 11.5 Å². The van der Waals surface area contributed by atoms with Crippen molar-refractivity contribution in [2.24, 2.45) is 0 Å². The summed E-state index contributed by atoms with van der Waals surface area (Å²) >= 11 is 5.93. The molecule has 0 aliphatic heterocycles. The minimum absolute atomic E-state index is 0.247. The Balaban J connectivity index is 1.50. The van der Waals surface area contributed by atoms with Gasteiger partial charge in [0, 0.05) is 31.2 Å². The summed E-state index contributed by atoms with van der Waals surface area (Å²) in [5.74, 6) is 0.0189. The third-order valence-electron chi connectivity index (χ3n) is 5.72. The van der Waals surface area contributed by atoms with Crippen LogP contribution in [-0.4, -0.2) is 61.1 Å². The van der Waals surface area contributed by atoms with Crippen LogP contribution in [0.4, 0.5) is 4.79 Å². The predicted octanol–water partition coefficient (Wildman–Crippen LogP) is 5.86. The molecule has 0 bridgehead atoms. The van der Waals surface area contributed by atoms with Crippen LogP contribution < -0.4 is 9.47 Å². The summed E-state index contributed by atoms with van der Waals surface area (Å²) in [5, 5.41) is 9.83. The first-order valence-electron chi connectivity index (χ1n) is 12.8. The van der Waals surface area contributed by atoms with E-state index < -0.39 is 18.2 Å². The highest BCUT2D eigenvalue weighted by atomic mass is 35.5. The maximum absolute atomic E-state index is 12.9. The summed E-state index contributed by atoms with van der Waals surface area (Å²) in [7, 11) is 0. The van der Waals surface area contributed by atoms with E-state index in [9.17, 15) is 14.7 Å². The summed E-state index contributed by atoms with van der Waals surface area (Å²) in [5.41, 5.74) is 1.92. The normalized spacial score (nSPS) is 11.5. The zero-order valence-corrected chi connectivity index (χ0v) is 22.7. The lowest BCUT2D eigenvalue weighted by molar-refractivity contribution is -0.149. The molecule has 39 heavy (non-hydrogen) atoms. The van der Waals surface area contributed by atoms with Crippen LogP contribution in [-0.2, 0) is 27.3 Å². The molecular formula is C30H34ClNO7. The number of halogens is 1. The summed E-state index contributed by atoms with van der Waals surface area (Å²) in [6, 6.07) is 23.7. The topological polar surface area (TPSA) is 94.5 Å². The molecule has 0 fully saturated rings. The second-order valence-electron chi connectivity index (χ2n) is 8.68. The summed E-state index contributed by atoms with van der Waals surface area (Å²) < 4.78 is 22.4. The molecule has 1 amide bonds. The minimum atomic E-state index is -0.992. The Morgan fingerprint density at radius 3 is 2.23 bits per heavy atom. The van der Waals surface area contributed by atoms with Crippen molar-refractivity contribution < 1.29 is 33.6 Å². The smallest absolute Gasteiger partial charge is 0.415 e. The standard InChI is InChI=1S/C30H34ClNO7/c1-2-37-28(29(33)34)21-23-9-13-26(14-10-23)38-20-18-32(30(35)39-27-15-11-25(31)12-16-27)17-6-19-36-22-24-7-4-3-5-8-24/h3-5,7-16,28H,2,6,17-22H2,1H3,(H,33,34). The van der Waals surface area contributed by atoms with E-state index in [2.05, 4.69) is 0 Å². The Morgan fingerprint density at radius 2 is 1.56 bits per heavy atom. The zero-order valence-electron chi connectivity index (χ0n) is 22.0. The molecule has 208 valence electrons. The summed E-state index contributed by atoms with van der Waals surface area (Å²) in [6.07, 6.45) is -0.490. The number of carboxylic acids is 1. The Morgan fingerprint density at radius 1 is 0.872 bits per heavy atom. The lowest BCUT2D eigenvalue weighted by atomic mass is 10.1. The van der Waals surface area contributed by atoms with Gasteiger partial charge in [-0.25, -0.2) is 9.59 Å². The van der Waals surface area contributed by atoms with Crippen LogP contribution in [0.2, 0.25) is 5.02 Å². The van der Waals surface area contributed by atoms with Crippen molar-refractivity contribution >= 4 is 23.7 Å². The van der Waals surface area contributed by atoms with Crippen molar-refractivity contribution in [3.63, 3.8) is 0 Å². The van der Waals surface area contributed by atoms with Gasteiger partial charge in [-0.3, -0.25) is 0 Å². The molecule has 1 atom stereocenters. The van der Waals surface area contributed by atoms with Crippen molar-refractivity contribution in [2.45, 2.75) is 32.5 Å². The number of hydrogen-bond acceptors (Lipinski definition) is 6. The van der Waals surface area contributed by atoms with Crippen molar-refractivity contribution in [2.75, 3.05) is 32.9 Å². The molecule has 0 heterocycles. The van der Waals surface area contributed by atoms with E-state index >= 15 is 0 Å². The number of rotatable bonds is 16. The van der Waals surface area contributed by atoms with E-state index in [1.54, 1.807) is 60.4 Å². The monoisotopic (exact) mass is 555 g/mol. The maximum atomic E-state index is 12.9. The van der Waals surface area contributed by atoms with E-state index in [1.807, 2.05) is 30.3 Å². The molecule has 9 heteroatoms. The molecule has 0 saturated carbocycles. The van der Waals surface area contributed by atoms with Crippen molar-refractivity contribution in [3.05, 3.63) is 95.0 Å². The highest BCUT2D eigenvalue weighted by molar-refractivity contribution is 6.30. The Hall–Kier alpha value is -3.59. The largest absolute Gasteiger partial charge is 0.492 e. The first-order chi connectivity index (χ1) is 18.9. The van der Waals surface area contributed by atoms with E-state index in [4.69, 9.17) is 30.5 Å². The van der Waals surface area contributed by atoms with Crippen LogP contribution in [0.1, 0.15) is 24.5 Å². The second-order valence-corrected chi connectivity index (χ2v) is 9.12. The first-order valence-corrected chi connectivity index (χ1v) is 13.2. The quantitative estimate of drug-likeness (QED) is 0.221. The third kappa shape index (κ3) is 11.0. The number of ether oxygens (including phenoxy) is 4. The summed E-state index contributed by atoms with van der Waals surface area (Å²) in [6.45, 7) is 4.06. The van der Waals surface area contributed by atoms with E-state index in [-0.39, 0.29) is 13.0 Å². The minimum Gasteiger partial charge on any atom is -0.492 e. The molecule has 0 radical (unpaired) electrons. The SMILES string of the molecule is CCOC(Cc1ccc(OCCN(CCCOCc2ccccc2)C(=O)Oc2ccc(Cl)cc2)cc1)C(=O)O. The molecule has 3 aromatic rings. The van der Waals surface area contributed by atoms with Gasteiger partial charge in [0.1, 0.15) is 18.1 Å². The number of amides is 1. The third-order valence-corrected chi connectivity index (χ3v) is 5.97. The number of benzene rings is 3. The lowest BCUT2D eigenvalue weighted by Gasteiger charge is -2.22. The Bertz CT molecular complexity index is 1140. The average molecular weight is 556 g/mol. The Labute approximate surface area is 234 Å². The molecule has 0 aliphatic rings. The van der Waals surface area contributed by atoms with Gasteiger partial charge in [0.2, 0.25) is 0 Å². The molecule has 1 unspecified atom stereocenters. The van der Waals surface area contributed by atoms with Gasteiger partial charge < -0.3 is 29.0 Å². The number of carboxylic acid groups (broad SMARTS) is 1. The fraction of sp³-hybridized carbons (Fsp3) is 0.333. The fourth-order valence-corrected chi connectivity index (χ4v) is 3.84. The highest BCUT2D eigenvalue weighted by Crippen LogP contribution is 2.17. The van der Waals surface area contributed by atoms with Gasteiger partial charge in [-0.2, -0.15) is 0 Å². The summed E-state index contributed by atoms with van der Waals surface area (Å²) in [4.78, 5) is 25.8.